The van der Waals surface area contributed by atoms with Crippen molar-refractivity contribution in [3.05, 3.63) is 35.5 Å². The highest BCUT2D eigenvalue weighted by Gasteiger charge is 2.39. The summed E-state index contributed by atoms with van der Waals surface area (Å²) in [6.45, 7) is 5.46. The van der Waals surface area contributed by atoms with Gasteiger partial charge in [0.15, 0.2) is 0 Å². The molecule has 1 aliphatic heterocycles. The van der Waals surface area contributed by atoms with Crippen molar-refractivity contribution in [2.45, 2.75) is 44.9 Å². The fourth-order valence-electron chi connectivity index (χ4n) is 3.34. The van der Waals surface area contributed by atoms with E-state index >= 15 is 0 Å². The lowest BCUT2D eigenvalue weighted by molar-refractivity contribution is -0.158. The average Bonchev–Trinajstić information content (AvgIpc) is 2.78. The third-order valence-corrected chi connectivity index (χ3v) is 4.30. The number of nitrogens with one attached hydrogen (secondary N) is 1. The molecule has 3 rings (SSSR count). The summed E-state index contributed by atoms with van der Waals surface area (Å²) in [6.07, 6.45) is 0.464. The Morgan fingerprint density at radius 3 is 2.58 bits per heavy atom. The van der Waals surface area contributed by atoms with E-state index in [-0.39, 0.29) is 0 Å². The van der Waals surface area contributed by atoms with Crippen LogP contribution in [0.2, 0.25) is 0 Å². The predicted octanol–water partition coefficient (Wildman–Crippen LogP) is 1.56. The first-order valence-corrected chi connectivity index (χ1v) is 8.03. The van der Waals surface area contributed by atoms with Gasteiger partial charge in [-0.05, 0) is 38.8 Å². The van der Waals surface area contributed by atoms with Gasteiger partial charge >= 0.3 is 5.97 Å². The van der Waals surface area contributed by atoms with Crippen LogP contribution in [0.1, 0.15) is 38.1 Å². The van der Waals surface area contributed by atoms with Crippen LogP contribution in [0.4, 0.5) is 0 Å². The molecule has 1 amide bonds. The van der Waals surface area contributed by atoms with E-state index in [0.717, 1.165) is 22.2 Å². The minimum Gasteiger partial charge on any atom is -0.459 e. The Balaban J connectivity index is 2.14. The number of benzene rings is 1. The molecule has 24 heavy (non-hydrogen) atoms. The number of para-hydroxylation sites is 1. The first-order valence-electron chi connectivity index (χ1n) is 8.03. The van der Waals surface area contributed by atoms with Crippen LogP contribution in [0.25, 0.3) is 10.9 Å². The molecular weight excluding hydrogens is 306 g/mol. The number of esters is 1. The molecule has 0 fully saturated rings. The van der Waals surface area contributed by atoms with Crippen LogP contribution in [0.5, 0.6) is 0 Å². The van der Waals surface area contributed by atoms with Gasteiger partial charge in [-0.25, -0.2) is 4.79 Å². The Morgan fingerprint density at radius 1 is 1.29 bits per heavy atom. The van der Waals surface area contributed by atoms with Crippen LogP contribution in [0.15, 0.2) is 24.3 Å². The Morgan fingerprint density at radius 2 is 1.96 bits per heavy atom. The summed E-state index contributed by atoms with van der Waals surface area (Å²) in [5.41, 5.74) is 7.73. The van der Waals surface area contributed by atoms with Crippen LogP contribution in [-0.4, -0.2) is 28.1 Å². The minimum absolute atomic E-state index is 0.402. The fraction of sp³-hybridized carbons (Fsp3) is 0.444. The number of amides is 1. The molecule has 0 saturated carbocycles. The molecule has 0 bridgehead atoms. The zero-order valence-corrected chi connectivity index (χ0v) is 14.4. The van der Waals surface area contributed by atoms with Crippen LogP contribution < -0.4 is 11.1 Å². The fourth-order valence-corrected chi connectivity index (χ4v) is 3.34. The van der Waals surface area contributed by atoms with E-state index in [4.69, 9.17) is 10.5 Å². The highest BCUT2D eigenvalue weighted by molar-refractivity contribution is 5.92. The average molecular weight is 329 g/mol. The molecule has 128 valence electrons. The second-order valence-corrected chi connectivity index (χ2v) is 7.23. The van der Waals surface area contributed by atoms with Gasteiger partial charge in [0.2, 0.25) is 5.91 Å². The Bertz CT molecular complexity index is 817. The maximum atomic E-state index is 12.7. The molecule has 0 aliphatic carbocycles. The minimum atomic E-state index is -0.720. The standard InChI is InChI=1S/C18H23N3O3/c1-18(2,3)24-17(23)14-15-11(9-12(20-14)16(19)22)10-7-5-6-8-13(10)21(15)4/h5-8,12,14,20H,9H2,1-4H3,(H2,19,22). The van der Waals surface area contributed by atoms with E-state index in [1.807, 2.05) is 56.7 Å². The Labute approximate surface area is 141 Å². The second kappa shape index (κ2) is 5.63. The van der Waals surface area contributed by atoms with Gasteiger partial charge in [0, 0.05) is 18.0 Å². The summed E-state index contributed by atoms with van der Waals surface area (Å²) in [4.78, 5) is 24.5. The van der Waals surface area contributed by atoms with Crippen molar-refractivity contribution in [2.75, 3.05) is 0 Å². The monoisotopic (exact) mass is 329 g/mol. The van der Waals surface area contributed by atoms with Crippen LogP contribution in [0.3, 0.4) is 0 Å². The highest BCUT2D eigenvalue weighted by atomic mass is 16.6. The molecule has 0 saturated heterocycles. The lowest BCUT2D eigenvalue weighted by atomic mass is 9.93. The molecule has 2 aromatic rings. The summed E-state index contributed by atoms with van der Waals surface area (Å²) in [6, 6.07) is 6.59. The molecular formula is C18H23N3O3. The zero-order valence-electron chi connectivity index (χ0n) is 14.4. The van der Waals surface area contributed by atoms with E-state index in [9.17, 15) is 9.59 Å². The molecule has 1 aromatic heterocycles. The van der Waals surface area contributed by atoms with Crippen molar-refractivity contribution in [1.82, 2.24) is 9.88 Å². The van der Waals surface area contributed by atoms with Crippen molar-refractivity contribution < 1.29 is 14.3 Å². The number of primary amides is 1. The summed E-state index contributed by atoms with van der Waals surface area (Å²) >= 11 is 0. The Kier molecular flexibility index (Phi) is 3.87. The van der Waals surface area contributed by atoms with Gasteiger partial charge in [0.1, 0.15) is 11.6 Å². The number of fused-ring (bicyclic) bond motifs is 3. The SMILES string of the molecule is Cn1c2c(c3ccccc31)CC(C(N)=O)NC2C(=O)OC(C)(C)C. The lowest BCUT2D eigenvalue weighted by Crippen LogP contribution is -2.51. The Hall–Kier alpha value is -2.34. The van der Waals surface area contributed by atoms with E-state index < -0.39 is 29.6 Å². The van der Waals surface area contributed by atoms with Gasteiger partial charge in [0.25, 0.3) is 0 Å². The molecule has 0 radical (unpaired) electrons. The summed E-state index contributed by atoms with van der Waals surface area (Å²) in [7, 11) is 1.92. The smallest absolute Gasteiger partial charge is 0.329 e. The second-order valence-electron chi connectivity index (χ2n) is 7.23. The highest BCUT2D eigenvalue weighted by Crippen LogP contribution is 2.35. The maximum absolute atomic E-state index is 12.7. The number of hydrogen-bond donors (Lipinski definition) is 2. The largest absolute Gasteiger partial charge is 0.459 e. The number of aromatic nitrogens is 1. The maximum Gasteiger partial charge on any atom is 0.329 e. The predicted molar refractivity (Wildman–Crippen MR) is 91.3 cm³/mol. The quantitative estimate of drug-likeness (QED) is 0.819. The number of nitrogens with two attached hydrogens (primary N) is 1. The van der Waals surface area contributed by atoms with Crippen molar-refractivity contribution >= 4 is 22.8 Å². The van der Waals surface area contributed by atoms with Gasteiger partial charge in [-0.2, -0.15) is 0 Å². The number of carbonyl (C=O) groups excluding carboxylic acids is 2. The molecule has 1 aliphatic rings. The van der Waals surface area contributed by atoms with Gasteiger partial charge in [-0.15, -0.1) is 0 Å². The topological polar surface area (TPSA) is 86.4 Å². The van der Waals surface area contributed by atoms with Gasteiger partial charge in [-0.3, -0.25) is 10.1 Å². The van der Waals surface area contributed by atoms with E-state index in [1.54, 1.807) is 0 Å². The van der Waals surface area contributed by atoms with Gasteiger partial charge in [0.05, 0.1) is 11.7 Å². The van der Waals surface area contributed by atoms with E-state index in [2.05, 4.69) is 5.32 Å². The number of ether oxygens (including phenoxy) is 1. The molecule has 1 aromatic carbocycles. The number of carbonyl (C=O) groups is 2. The summed E-state index contributed by atoms with van der Waals surface area (Å²) < 4.78 is 7.54. The zero-order chi connectivity index (χ0) is 17.6. The van der Waals surface area contributed by atoms with Gasteiger partial charge in [-0.1, -0.05) is 18.2 Å². The number of rotatable bonds is 2. The summed E-state index contributed by atoms with van der Waals surface area (Å²) in [5, 5.41) is 4.10. The van der Waals surface area contributed by atoms with Crippen LogP contribution in [0, 0.1) is 0 Å². The molecule has 2 unspecified atom stereocenters. The molecule has 2 atom stereocenters. The van der Waals surface area contributed by atoms with Crippen molar-refractivity contribution in [1.29, 1.82) is 0 Å². The third kappa shape index (κ3) is 2.78. The number of hydrogen-bond acceptors (Lipinski definition) is 4. The van der Waals surface area contributed by atoms with Gasteiger partial charge < -0.3 is 15.0 Å². The third-order valence-electron chi connectivity index (χ3n) is 4.30. The van der Waals surface area contributed by atoms with Crippen molar-refractivity contribution in [3.8, 4) is 0 Å². The van der Waals surface area contributed by atoms with Crippen LogP contribution >= 0.6 is 0 Å². The molecule has 3 N–H and O–H groups in total. The molecule has 2 heterocycles. The van der Waals surface area contributed by atoms with E-state index in [1.165, 1.54) is 0 Å². The molecule has 0 spiro atoms. The van der Waals surface area contributed by atoms with Crippen LogP contribution in [-0.2, 0) is 27.8 Å². The van der Waals surface area contributed by atoms with Crippen molar-refractivity contribution in [2.24, 2.45) is 12.8 Å². The normalized spacial score (nSPS) is 20.7. The molecule has 6 heteroatoms. The lowest BCUT2D eigenvalue weighted by Gasteiger charge is -2.31. The van der Waals surface area contributed by atoms with Crippen molar-refractivity contribution in [3.63, 3.8) is 0 Å². The number of aryl methyl sites for hydroxylation is 1. The van der Waals surface area contributed by atoms with E-state index in [0.29, 0.717) is 6.42 Å². The first kappa shape index (κ1) is 16.5. The summed E-state index contributed by atoms with van der Waals surface area (Å²) in [5.74, 6) is -0.872. The molecule has 6 nitrogen and oxygen atoms in total. The first-order chi connectivity index (χ1) is 11.2. The number of nitrogens with zero attached hydrogens (tertiary/aromatic N) is 1.